The Hall–Kier alpha value is -1.63. The minimum absolute atomic E-state index is 0.00702. The van der Waals surface area contributed by atoms with Crippen molar-refractivity contribution in [3.8, 4) is 0 Å². The van der Waals surface area contributed by atoms with Crippen LogP contribution in [-0.2, 0) is 4.74 Å². The van der Waals surface area contributed by atoms with Gasteiger partial charge in [0, 0.05) is 31.1 Å². The molecule has 1 unspecified atom stereocenters. The zero-order valence-electron chi connectivity index (χ0n) is 16.7. The Balaban J connectivity index is 2.01. The Morgan fingerprint density at radius 1 is 1.42 bits per heavy atom. The first-order valence-corrected chi connectivity index (χ1v) is 10.2. The maximum Gasteiger partial charge on any atom is 0.410 e. The molecule has 7 heteroatoms. The summed E-state index contributed by atoms with van der Waals surface area (Å²) in [7, 11) is 0. The molecule has 146 valence electrons. The summed E-state index contributed by atoms with van der Waals surface area (Å²) in [4.78, 5) is 33.2. The highest BCUT2D eigenvalue weighted by Gasteiger charge is 2.30. The number of ether oxygens (including phenoxy) is 1. The van der Waals surface area contributed by atoms with E-state index in [1.54, 1.807) is 4.90 Å². The number of amides is 2. The lowest BCUT2D eigenvalue weighted by Crippen LogP contribution is -2.48. The van der Waals surface area contributed by atoms with Crippen LogP contribution in [0.15, 0.2) is 5.38 Å². The third kappa shape index (κ3) is 5.69. The summed E-state index contributed by atoms with van der Waals surface area (Å²) in [6.07, 6.45) is 1.66. The third-order valence-electron chi connectivity index (χ3n) is 4.35. The van der Waals surface area contributed by atoms with E-state index in [9.17, 15) is 9.59 Å². The van der Waals surface area contributed by atoms with E-state index in [2.05, 4.69) is 4.98 Å². The average molecular weight is 382 g/mol. The van der Waals surface area contributed by atoms with Crippen LogP contribution in [0.25, 0.3) is 0 Å². The van der Waals surface area contributed by atoms with Crippen molar-refractivity contribution in [3.63, 3.8) is 0 Å². The standard InChI is InChI=1S/C19H31N3O3S/c1-13(2)22(18(24)25-19(4,5)6)11-15-8-7-9-21(10-15)17(23)16-12-26-14(3)20-16/h12-13,15H,7-11H2,1-6H3. The molecule has 0 aromatic carbocycles. The number of rotatable bonds is 4. The van der Waals surface area contributed by atoms with Crippen molar-refractivity contribution in [2.45, 2.75) is 66.0 Å². The molecule has 2 rings (SSSR count). The van der Waals surface area contributed by atoms with Gasteiger partial charge in [-0.25, -0.2) is 9.78 Å². The zero-order valence-corrected chi connectivity index (χ0v) is 17.6. The molecule has 0 aliphatic carbocycles. The van der Waals surface area contributed by atoms with Gasteiger partial charge in [0.25, 0.3) is 5.91 Å². The van der Waals surface area contributed by atoms with E-state index >= 15 is 0 Å². The lowest BCUT2D eigenvalue weighted by atomic mass is 9.96. The summed E-state index contributed by atoms with van der Waals surface area (Å²) in [5.41, 5.74) is 0.0161. The molecule has 1 aliphatic heterocycles. The van der Waals surface area contributed by atoms with E-state index in [-0.39, 0.29) is 24.0 Å². The SMILES string of the molecule is Cc1nc(C(=O)N2CCCC(CN(C(=O)OC(C)(C)C)C(C)C)C2)cs1. The van der Waals surface area contributed by atoms with Crippen LogP contribution in [-0.4, -0.2) is 58.1 Å². The molecule has 2 amide bonds. The molecule has 0 radical (unpaired) electrons. The number of carbonyl (C=O) groups is 2. The Bertz CT molecular complexity index is 636. The fourth-order valence-corrected chi connectivity index (χ4v) is 3.70. The van der Waals surface area contributed by atoms with E-state index in [1.807, 2.05) is 51.8 Å². The van der Waals surface area contributed by atoms with Crippen molar-refractivity contribution in [1.29, 1.82) is 0 Å². The summed E-state index contributed by atoms with van der Waals surface area (Å²) >= 11 is 1.49. The van der Waals surface area contributed by atoms with E-state index in [4.69, 9.17) is 4.74 Å². The second-order valence-electron chi connectivity index (χ2n) is 8.24. The fraction of sp³-hybridized carbons (Fsp3) is 0.737. The van der Waals surface area contributed by atoms with Gasteiger partial charge >= 0.3 is 6.09 Å². The number of hydrogen-bond acceptors (Lipinski definition) is 5. The van der Waals surface area contributed by atoms with Crippen LogP contribution >= 0.6 is 11.3 Å². The number of carbonyl (C=O) groups excluding carboxylic acids is 2. The normalized spacial score (nSPS) is 18.1. The summed E-state index contributed by atoms with van der Waals surface area (Å²) in [6.45, 7) is 13.5. The monoisotopic (exact) mass is 381 g/mol. The molecule has 2 heterocycles. The van der Waals surface area contributed by atoms with Crippen molar-refractivity contribution in [1.82, 2.24) is 14.8 Å². The van der Waals surface area contributed by atoms with Crippen molar-refractivity contribution < 1.29 is 14.3 Å². The van der Waals surface area contributed by atoms with Gasteiger partial charge in [-0.1, -0.05) is 0 Å². The Morgan fingerprint density at radius 2 is 2.12 bits per heavy atom. The first kappa shape index (κ1) is 20.7. The topological polar surface area (TPSA) is 62.7 Å². The highest BCUT2D eigenvalue weighted by Crippen LogP contribution is 2.22. The van der Waals surface area contributed by atoms with Crippen LogP contribution in [0, 0.1) is 12.8 Å². The van der Waals surface area contributed by atoms with Crippen molar-refractivity contribution in [2.24, 2.45) is 5.92 Å². The first-order valence-electron chi connectivity index (χ1n) is 9.28. The van der Waals surface area contributed by atoms with Gasteiger partial charge in [0.15, 0.2) is 0 Å². The molecule has 1 atom stereocenters. The largest absolute Gasteiger partial charge is 0.444 e. The van der Waals surface area contributed by atoms with Crippen molar-refractivity contribution in [3.05, 3.63) is 16.1 Å². The van der Waals surface area contributed by atoms with Gasteiger partial charge in [-0.3, -0.25) is 4.79 Å². The molecule has 1 aliphatic rings. The maximum absolute atomic E-state index is 12.7. The van der Waals surface area contributed by atoms with Gasteiger partial charge in [-0.2, -0.15) is 0 Å². The molecule has 0 spiro atoms. The second kappa shape index (κ2) is 8.37. The molecule has 0 saturated carbocycles. The van der Waals surface area contributed by atoms with E-state index in [1.165, 1.54) is 11.3 Å². The summed E-state index contributed by atoms with van der Waals surface area (Å²) in [6, 6.07) is 0.0529. The predicted octanol–water partition coefficient (Wildman–Crippen LogP) is 3.95. The smallest absolute Gasteiger partial charge is 0.410 e. The second-order valence-corrected chi connectivity index (χ2v) is 9.30. The molecule has 1 aromatic rings. The Kier molecular flexibility index (Phi) is 6.66. The highest BCUT2D eigenvalue weighted by atomic mass is 32.1. The number of likely N-dealkylation sites (tertiary alicyclic amines) is 1. The van der Waals surface area contributed by atoms with Crippen LogP contribution in [0.2, 0.25) is 0 Å². The molecule has 26 heavy (non-hydrogen) atoms. The van der Waals surface area contributed by atoms with Crippen molar-refractivity contribution in [2.75, 3.05) is 19.6 Å². The molecule has 6 nitrogen and oxygen atoms in total. The van der Waals surface area contributed by atoms with Gasteiger partial charge < -0.3 is 14.5 Å². The number of piperidine rings is 1. The van der Waals surface area contributed by atoms with Crippen LogP contribution in [0.1, 0.15) is 63.0 Å². The number of aromatic nitrogens is 1. The molecular weight excluding hydrogens is 350 g/mol. The predicted molar refractivity (Wildman–Crippen MR) is 104 cm³/mol. The molecule has 1 fully saturated rings. The summed E-state index contributed by atoms with van der Waals surface area (Å²) in [5.74, 6) is 0.245. The third-order valence-corrected chi connectivity index (χ3v) is 5.12. The quantitative estimate of drug-likeness (QED) is 0.792. The maximum atomic E-state index is 12.7. The van der Waals surface area contributed by atoms with Gasteiger partial charge in [0.1, 0.15) is 11.3 Å². The molecule has 1 saturated heterocycles. The Morgan fingerprint density at radius 3 is 2.65 bits per heavy atom. The summed E-state index contributed by atoms with van der Waals surface area (Å²) in [5, 5.41) is 2.72. The zero-order chi connectivity index (χ0) is 19.5. The van der Waals surface area contributed by atoms with Crippen molar-refractivity contribution >= 4 is 23.3 Å². The average Bonchev–Trinajstić information content (AvgIpc) is 2.96. The minimum Gasteiger partial charge on any atom is -0.444 e. The molecule has 0 bridgehead atoms. The number of nitrogens with zero attached hydrogens (tertiary/aromatic N) is 3. The Labute approximate surface area is 160 Å². The van der Waals surface area contributed by atoms with E-state index < -0.39 is 5.60 Å². The van der Waals surface area contributed by atoms with Crippen LogP contribution in [0.4, 0.5) is 4.79 Å². The van der Waals surface area contributed by atoms with Gasteiger partial charge in [0.2, 0.25) is 0 Å². The van der Waals surface area contributed by atoms with Crippen LogP contribution in [0.5, 0.6) is 0 Å². The summed E-state index contributed by atoms with van der Waals surface area (Å²) < 4.78 is 5.55. The molecule has 1 aromatic heterocycles. The number of thiazole rings is 1. The minimum atomic E-state index is -0.513. The van der Waals surface area contributed by atoms with E-state index in [0.717, 1.165) is 24.4 Å². The van der Waals surface area contributed by atoms with Gasteiger partial charge in [0.05, 0.1) is 5.01 Å². The number of aryl methyl sites for hydroxylation is 1. The van der Waals surface area contributed by atoms with Crippen LogP contribution in [0.3, 0.4) is 0 Å². The molecular formula is C19H31N3O3S. The first-order chi connectivity index (χ1) is 12.1. The van der Waals surface area contributed by atoms with Crippen LogP contribution < -0.4 is 0 Å². The fourth-order valence-electron chi connectivity index (χ4n) is 3.12. The molecule has 0 N–H and O–H groups in total. The lowest BCUT2D eigenvalue weighted by molar-refractivity contribution is 0.0123. The highest BCUT2D eigenvalue weighted by molar-refractivity contribution is 7.09. The van der Waals surface area contributed by atoms with Gasteiger partial charge in [-0.15, -0.1) is 11.3 Å². The lowest BCUT2D eigenvalue weighted by Gasteiger charge is -2.37. The van der Waals surface area contributed by atoms with E-state index in [0.29, 0.717) is 18.8 Å². The van der Waals surface area contributed by atoms with Gasteiger partial charge in [-0.05, 0) is 60.3 Å². The number of hydrogen-bond donors (Lipinski definition) is 0.